The van der Waals surface area contributed by atoms with Crippen LogP contribution in [-0.2, 0) is 6.61 Å². The molecule has 0 bridgehead atoms. The van der Waals surface area contributed by atoms with E-state index in [1.165, 1.54) is 17.0 Å². The van der Waals surface area contributed by atoms with Crippen molar-refractivity contribution in [2.75, 3.05) is 24.6 Å². The van der Waals surface area contributed by atoms with Crippen LogP contribution in [0.15, 0.2) is 18.2 Å². The summed E-state index contributed by atoms with van der Waals surface area (Å²) in [6.45, 7) is -1.52. The SMILES string of the molecule is O=[N+]([O-])c1ccc(N(CCO)CC(F)F)c(CO)c1. The van der Waals surface area contributed by atoms with Gasteiger partial charge in [0.2, 0.25) is 0 Å². The minimum Gasteiger partial charge on any atom is -0.395 e. The number of nitro benzene ring substituents is 1. The minimum atomic E-state index is -2.62. The molecule has 6 nitrogen and oxygen atoms in total. The number of rotatable bonds is 7. The summed E-state index contributed by atoms with van der Waals surface area (Å²) in [7, 11) is 0. The summed E-state index contributed by atoms with van der Waals surface area (Å²) in [6.07, 6.45) is -2.62. The highest BCUT2D eigenvalue weighted by molar-refractivity contribution is 5.57. The zero-order valence-corrected chi connectivity index (χ0v) is 10.00. The highest BCUT2D eigenvalue weighted by Gasteiger charge is 2.18. The first-order chi connectivity index (χ1) is 8.99. The van der Waals surface area contributed by atoms with Crippen LogP contribution in [-0.4, -0.2) is 41.3 Å². The Morgan fingerprint density at radius 3 is 2.53 bits per heavy atom. The molecule has 0 aliphatic rings. The average Bonchev–Trinajstić information content (AvgIpc) is 2.36. The Kier molecular flexibility index (Phi) is 5.58. The summed E-state index contributed by atoms with van der Waals surface area (Å²) >= 11 is 0. The van der Waals surface area contributed by atoms with Crippen LogP contribution in [0.4, 0.5) is 20.2 Å². The standard InChI is InChI=1S/C11H14F2N2O4/c12-11(13)6-14(3-4-16)10-2-1-9(15(18)19)5-8(10)7-17/h1-2,5,11,16-17H,3-4,6-7H2. The van der Waals surface area contributed by atoms with E-state index in [2.05, 4.69) is 0 Å². The highest BCUT2D eigenvalue weighted by atomic mass is 19.3. The Morgan fingerprint density at radius 1 is 1.37 bits per heavy atom. The van der Waals surface area contributed by atoms with Crippen molar-refractivity contribution in [1.82, 2.24) is 0 Å². The van der Waals surface area contributed by atoms with Gasteiger partial charge in [0.25, 0.3) is 12.1 Å². The smallest absolute Gasteiger partial charge is 0.269 e. The van der Waals surface area contributed by atoms with Gasteiger partial charge < -0.3 is 15.1 Å². The zero-order valence-electron chi connectivity index (χ0n) is 10.00. The van der Waals surface area contributed by atoms with Crippen molar-refractivity contribution in [3.63, 3.8) is 0 Å². The summed E-state index contributed by atoms with van der Waals surface area (Å²) in [4.78, 5) is 11.2. The molecule has 0 aromatic heterocycles. The van der Waals surface area contributed by atoms with Crippen molar-refractivity contribution in [2.24, 2.45) is 0 Å². The van der Waals surface area contributed by atoms with Crippen LogP contribution >= 0.6 is 0 Å². The lowest BCUT2D eigenvalue weighted by Crippen LogP contribution is -2.32. The van der Waals surface area contributed by atoms with Gasteiger partial charge in [-0.15, -0.1) is 0 Å². The maximum absolute atomic E-state index is 12.4. The largest absolute Gasteiger partial charge is 0.395 e. The van der Waals surface area contributed by atoms with Gasteiger partial charge >= 0.3 is 0 Å². The Hall–Kier alpha value is -1.80. The van der Waals surface area contributed by atoms with Gasteiger partial charge in [0.15, 0.2) is 0 Å². The van der Waals surface area contributed by atoms with E-state index in [1.54, 1.807) is 0 Å². The molecule has 1 rings (SSSR count). The van der Waals surface area contributed by atoms with Gasteiger partial charge in [0, 0.05) is 29.9 Å². The molecule has 0 saturated carbocycles. The molecule has 106 valence electrons. The maximum Gasteiger partial charge on any atom is 0.269 e. The van der Waals surface area contributed by atoms with Gasteiger partial charge in [0.1, 0.15) is 0 Å². The second-order valence-corrected chi connectivity index (χ2v) is 3.79. The number of benzene rings is 1. The zero-order chi connectivity index (χ0) is 14.4. The van der Waals surface area contributed by atoms with Crippen LogP contribution in [0.25, 0.3) is 0 Å². The lowest BCUT2D eigenvalue weighted by Gasteiger charge is -2.25. The summed E-state index contributed by atoms with van der Waals surface area (Å²) in [5.74, 6) is 0. The van der Waals surface area contributed by atoms with E-state index in [4.69, 9.17) is 5.11 Å². The number of hydrogen-bond acceptors (Lipinski definition) is 5. The monoisotopic (exact) mass is 276 g/mol. The fraction of sp³-hybridized carbons (Fsp3) is 0.455. The number of anilines is 1. The van der Waals surface area contributed by atoms with Crippen LogP contribution in [0.2, 0.25) is 0 Å². The molecule has 2 N–H and O–H groups in total. The number of nitro groups is 1. The molecule has 0 aliphatic heterocycles. The normalized spacial score (nSPS) is 10.8. The molecule has 0 unspecified atom stereocenters. The predicted octanol–water partition coefficient (Wildman–Crippen LogP) is 1.15. The lowest BCUT2D eigenvalue weighted by atomic mass is 10.1. The Labute approximate surface area is 108 Å². The molecule has 8 heteroatoms. The van der Waals surface area contributed by atoms with Crippen LogP contribution in [0.3, 0.4) is 0 Å². The third-order valence-electron chi connectivity index (χ3n) is 2.51. The fourth-order valence-electron chi connectivity index (χ4n) is 1.72. The van der Waals surface area contributed by atoms with E-state index in [0.717, 1.165) is 6.07 Å². The number of aliphatic hydroxyl groups is 2. The molecule has 0 fully saturated rings. The first kappa shape index (κ1) is 15.3. The molecule has 0 radical (unpaired) electrons. The fourth-order valence-corrected chi connectivity index (χ4v) is 1.72. The molecule has 0 heterocycles. The van der Waals surface area contributed by atoms with E-state index in [0.29, 0.717) is 0 Å². The molecule has 0 saturated heterocycles. The summed E-state index contributed by atoms with van der Waals surface area (Å²) in [5.41, 5.74) is 0.194. The predicted molar refractivity (Wildman–Crippen MR) is 64.3 cm³/mol. The third-order valence-corrected chi connectivity index (χ3v) is 2.51. The Balaban J connectivity index is 3.10. The lowest BCUT2D eigenvalue weighted by molar-refractivity contribution is -0.384. The van der Waals surface area contributed by atoms with Crippen LogP contribution in [0, 0.1) is 10.1 Å². The molecule has 0 aliphatic carbocycles. The molecule has 0 atom stereocenters. The van der Waals surface area contributed by atoms with Gasteiger partial charge in [-0.25, -0.2) is 8.78 Å². The van der Waals surface area contributed by atoms with Crippen LogP contribution < -0.4 is 4.90 Å². The molecular formula is C11H14F2N2O4. The number of nitrogens with zero attached hydrogens (tertiary/aromatic N) is 2. The van der Waals surface area contributed by atoms with E-state index in [-0.39, 0.29) is 30.1 Å². The van der Waals surface area contributed by atoms with Crippen molar-refractivity contribution >= 4 is 11.4 Å². The number of alkyl halides is 2. The first-order valence-electron chi connectivity index (χ1n) is 5.51. The molecular weight excluding hydrogens is 262 g/mol. The van der Waals surface area contributed by atoms with Crippen LogP contribution in [0.5, 0.6) is 0 Å². The van der Waals surface area contributed by atoms with Gasteiger partial charge in [-0.05, 0) is 6.07 Å². The molecule has 0 spiro atoms. The molecule has 0 amide bonds. The van der Waals surface area contributed by atoms with E-state index >= 15 is 0 Å². The van der Waals surface area contributed by atoms with Crippen molar-refractivity contribution in [2.45, 2.75) is 13.0 Å². The molecule has 1 aromatic carbocycles. The maximum atomic E-state index is 12.4. The van der Waals surface area contributed by atoms with Crippen molar-refractivity contribution in [1.29, 1.82) is 0 Å². The number of non-ortho nitro benzene ring substituents is 1. The van der Waals surface area contributed by atoms with Crippen molar-refractivity contribution in [3.8, 4) is 0 Å². The van der Waals surface area contributed by atoms with Gasteiger partial charge in [0.05, 0.1) is 24.7 Å². The van der Waals surface area contributed by atoms with E-state index in [1.807, 2.05) is 0 Å². The Bertz CT molecular complexity index is 443. The Morgan fingerprint density at radius 2 is 2.05 bits per heavy atom. The van der Waals surface area contributed by atoms with Crippen molar-refractivity contribution < 1.29 is 23.9 Å². The van der Waals surface area contributed by atoms with E-state index in [9.17, 15) is 24.0 Å². The third kappa shape index (κ3) is 4.11. The topological polar surface area (TPSA) is 86.8 Å². The first-order valence-corrected chi connectivity index (χ1v) is 5.51. The number of hydrogen-bond donors (Lipinski definition) is 2. The summed E-state index contributed by atoms with van der Waals surface area (Å²) in [6, 6.07) is 3.59. The highest BCUT2D eigenvalue weighted by Crippen LogP contribution is 2.26. The quantitative estimate of drug-likeness (QED) is 0.576. The average molecular weight is 276 g/mol. The molecule has 1 aromatic rings. The van der Waals surface area contributed by atoms with E-state index < -0.39 is 24.5 Å². The summed E-state index contributed by atoms with van der Waals surface area (Å²) in [5, 5.41) is 28.6. The van der Waals surface area contributed by atoms with Crippen molar-refractivity contribution in [3.05, 3.63) is 33.9 Å². The second kappa shape index (κ2) is 6.95. The van der Waals surface area contributed by atoms with Gasteiger partial charge in [-0.2, -0.15) is 0 Å². The number of aliphatic hydroxyl groups excluding tert-OH is 2. The minimum absolute atomic E-state index is 0.0465. The van der Waals surface area contributed by atoms with Gasteiger partial charge in [-0.1, -0.05) is 0 Å². The van der Waals surface area contributed by atoms with Crippen LogP contribution in [0.1, 0.15) is 5.56 Å². The molecule has 19 heavy (non-hydrogen) atoms. The number of halogens is 2. The second-order valence-electron chi connectivity index (χ2n) is 3.79. The van der Waals surface area contributed by atoms with Gasteiger partial charge in [-0.3, -0.25) is 10.1 Å². The summed E-state index contributed by atoms with van der Waals surface area (Å²) < 4.78 is 24.9.